The molecule has 0 amide bonds. The summed E-state index contributed by atoms with van der Waals surface area (Å²) in [6.07, 6.45) is -2.77. The molecule has 2 heterocycles. The number of fused-ring (bicyclic) bond motifs is 1. The van der Waals surface area contributed by atoms with Crippen molar-refractivity contribution in [1.29, 1.82) is 0 Å². The first-order valence-corrected chi connectivity index (χ1v) is 4.33. The van der Waals surface area contributed by atoms with E-state index in [1.165, 1.54) is 6.07 Å². The van der Waals surface area contributed by atoms with E-state index < -0.39 is 11.7 Å². The summed E-state index contributed by atoms with van der Waals surface area (Å²) in [6.45, 7) is 1.28. The number of pyridine rings is 1. The van der Waals surface area contributed by atoms with Crippen LogP contribution >= 0.6 is 0 Å². The zero-order valence-corrected chi connectivity index (χ0v) is 7.36. The molecule has 0 aliphatic carbocycles. The SMILES string of the molecule is FC(F)(F)c1cnc2c(c1)CCNC2. The van der Waals surface area contributed by atoms with Gasteiger partial charge in [0.25, 0.3) is 0 Å². The fourth-order valence-corrected chi connectivity index (χ4v) is 1.50. The molecule has 1 aromatic heterocycles. The Bertz CT molecular complexity index is 346. The predicted octanol–water partition coefficient (Wildman–Crippen LogP) is 1.75. The molecule has 2 rings (SSSR count). The third-order valence-electron chi connectivity index (χ3n) is 2.25. The molecule has 1 aromatic rings. The number of alkyl halides is 3. The lowest BCUT2D eigenvalue weighted by Gasteiger charge is -2.17. The summed E-state index contributed by atoms with van der Waals surface area (Å²) in [7, 11) is 0. The second kappa shape index (κ2) is 3.24. The van der Waals surface area contributed by atoms with Gasteiger partial charge in [0.15, 0.2) is 0 Å². The molecule has 0 bridgehead atoms. The standard InChI is InChI=1S/C9H9F3N2/c10-9(11,12)7-3-6-1-2-13-5-8(6)14-4-7/h3-4,13H,1-2,5H2. The number of nitrogens with zero attached hydrogens (tertiary/aromatic N) is 1. The van der Waals surface area contributed by atoms with Crippen LogP contribution in [0.15, 0.2) is 12.3 Å². The Labute approximate surface area is 79.2 Å². The van der Waals surface area contributed by atoms with Crippen LogP contribution in [0.4, 0.5) is 13.2 Å². The minimum Gasteiger partial charge on any atom is -0.311 e. The fraction of sp³-hybridized carbons (Fsp3) is 0.444. The lowest BCUT2D eigenvalue weighted by molar-refractivity contribution is -0.137. The Morgan fingerprint density at radius 1 is 1.36 bits per heavy atom. The number of rotatable bonds is 0. The summed E-state index contributed by atoms with van der Waals surface area (Å²) < 4.78 is 36.9. The highest BCUT2D eigenvalue weighted by Gasteiger charge is 2.31. The van der Waals surface area contributed by atoms with Crippen molar-refractivity contribution in [1.82, 2.24) is 10.3 Å². The Kier molecular flexibility index (Phi) is 2.19. The van der Waals surface area contributed by atoms with E-state index in [1.54, 1.807) is 0 Å². The summed E-state index contributed by atoms with van der Waals surface area (Å²) in [6, 6.07) is 1.20. The first-order chi connectivity index (χ1) is 6.57. The smallest absolute Gasteiger partial charge is 0.311 e. The molecule has 14 heavy (non-hydrogen) atoms. The van der Waals surface area contributed by atoms with Gasteiger partial charge in [-0.05, 0) is 24.6 Å². The minimum absolute atomic E-state index is 0.563. The summed E-state index contributed by atoms with van der Waals surface area (Å²) >= 11 is 0. The molecule has 0 aromatic carbocycles. The first-order valence-electron chi connectivity index (χ1n) is 4.33. The van der Waals surface area contributed by atoms with Crippen LogP contribution in [0, 0.1) is 0 Å². The molecule has 1 aliphatic heterocycles. The van der Waals surface area contributed by atoms with Crippen molar-refractivity contribution in [2.75, 3.05) is 6.54 Å². The van der Waals surface area contributed by atoms with Crippen LogP contribution in [-0.4, -0.2) is 11.5 Å². The van der Waals surface area contributed by atoms with Crippen molar-refractivity contribution in [2.24, 2.45) is 0 Å². The highest BCUT2D eigenvalue weighted by molar-refractivity contribution is 5.28. The van der Waals surface area contributed by atoms with Gasteiger partial charge in [0.2, 0.25) is 0 Å². The van der Waals surface area contributed by atoms with E-state index in [-0.39, 0.29) is 0 Å². The van der Waals surface area contributed by atoms with Crippen LogP contribution in [0.1, 0.15) is 16.8 Å². The van der Waals surface area contributed by atoms with Crippen molar-refractivity contribution in [2.45, 2.75) is 19.1 Å². The van der Waals surface area contributed by atoms with Crippen molar-refractivity contribution < 1.29 is 13.2 Å². The number of hydrogen-bond acceptors (Lipinski definition) is 2. The molecular weight excluding hydrogens is 193 g/mol. The first kappa shape index (κ1) is 9.45. The van der Waals surface area contributed by atoms with Gasteiger partial charge in [0.1, 0.15) is 0 Å². The van der Waals surface area contributed by atoms with Gasteiger partial charge in [-0.2, -0.15) is 13.2 Å². The monoisotopic (exact) mass is 202 g/mol. The molecule has 0 spiro atoms. The van der Waals surface area contributed by atoms with Crippen LogP contribution < -0.4 is 5.32 Å². The zero-order chi connectivity index (χ0) is 10.2. The average molecular weight is 202 g/mol. The van der Waals surface area contributed by atoms with E-state index in [2.05, 4.69) is 10.3 Å². The molecule has 0 saturated heterocycles. The molecule has 0 radical (unpaired) electrons. The quantitative estimate of drug-likeness (QED) is 0.693. The number of hydrogen-bond donors (Lipinski definition) is 1. The van der Waals surface area contributed by atoms with Gasteiger partial charge in [-0.15, -0.1) is 0 Å². The van der Waals surface area contributed by atoms with Gasteiger partial charge in [-0.1, -0.05) is 0 Å². The van der Waals surface area contributed by atoms with Crippen LogP contribution in [0.25, 0.3) is 0 Å². The fourth-order valence-electron chi connectivity index (χ4n) is 1.50. The molecule has 2 nitrogen and oxygen atoms in total. The van der Waals surface area contributed by atoms with Gasteiger partial charge >= 0.3 is 6.18 Å². The van der Waals surface area contributed by atoms with E-state index in [1.807, 2.05) is 0 Å². The van der Waals surface area contributed by atoms with Crippen molar-refractivity contribution in [3.05, 3.63) is 29.1 Å². The van der Waals surface area contributed by atoms with Crippen LogP contribution in [-0.2, 0) is 19.1 Å². The molecule has 1 aliphatic rings. The second-order valence-corrected chi connectivity index (χ2v) is 3.25. The van der Waals surface area contributed by atoms with Crippen LogP contribution in [0.3, 0.4) is 0 Å². The second-order valence-electron chi connectivity index (χ2n) is 3.25. The van der Waals surface area contributed by atoms with Gasteiger partial charge < -0.3 is 5.32 Å². The molecule has 0 fully saturated rings. The van der Waals surface area contributed by atoms with Crippen LogP contribution in [0.2, 0.25) is 0 Å². The molecule has 5 heteroatoms. The number of nitrogens with one attached hydrogen (secondary N) is 1. The minimum atomic E-state index is -4.28. The molecule has 0 unspecified atom stereocenters. The predicted molar refractivity (Wildman–Crippen MR) is 44.6 cm³/mol. The highest BCUT2D eigenvalue weighted by atomic mass is 19.4. The summed E-state index contributed by atoms with van der Waals surface area (Å²) in [5, 5.41) is 3.06. The largest absolute Gasteiger partial charge is 0.417 e. The molecular formula is C9H9F3N2. The van der Waals surface area contributed by atoms with E-state index in [0.717, 1.165) is 18.4 Å². The summed E-state index contributed by atoms with van der Waals surface area (Å²) in [4.78, 5) is 3.80. The Balaban J connectivity index is 2.39. The Morgan fingerprint density at radius 3 is 2.86 bits per heavy atom. The molecule has 1 N–H and O–H groups in total. The van der Waals surface area contributed by atoms with Crippen LogP contribution in [0.5, 0.6) is 0 Å². The Hall–Kier alpha value is -1.10. The van der Waals surface area contributed by atoms with Crippen molar-refractivity contribution in [3.8, 4) is 0 Å². The van der Waals surface area contributed by atoms with E-state index >= 15 is 0 Å². The van der Waals surface area contributed by atoms with Gasteiger partial charge in [-0.25, -0.2) is 0 Å². The average Bonchev–Trinajstić information content (AvgIpc) is 2.16. The molecule has 0 saturated carbocycles. The zero-order valence-electron chi connectivity index (χ0n) is 7.36. The summed E-state index contributed by atoms with van der Waals surface area (Å²) in [5.74, 6) is 0. The maximum atomic E-state index is 12.3. The lowest BCUT2D eigenvalue weighted by Crippen LogP contribution is -2.25. The maximum absolute atomic E-state index is 12.3. The molecule has 76 valence electrons. The van der Waals surface area contributed by atoms with Gasteiger partial charge in [0.05, 0.1) is 11.3 Å². The normalized spacial score (nSPS) is 16.5. The third-order valence-corrected chi connectivity index (χ3v) is 2.25. The topological polar surface area (TPSA) is 24.9 Å². The molecule has 0 atom stereocenters. The van der Waals surface area contributed by atoms with Gasteiger partial charge in [-0.3, -0.25) is 4.98 Å². The number of halogens is 3. The lowest BCUT2D eigenvalue weighted by atomic mass is 10.0. The highest BCUT2D eigenvalue weighted by Crippen LogP contribution is 2.30. The number of aromatic nitrogens is 1. The Morgan fingerprint density at radius 2 is 2.14 bits per heavy atom. The maximum Gasteiger partial charge on any atom is 0.417 e. The van der Waals surface area contributed by atoms with Gasteiger partial charge in [0, 0.05) is 12.7 Å². The summed E-state index contributed by atoms with van der Waals surface area (Å²) in [5.41, 5.74) is 0.779. The van der Waals surface area contributed by atoms with E-state index in [4.69, 9.17) is 0 Å². The van der Waals surface area contributed by atoms with Crippen molar-refractivity contribution in [3.63, 3.8) is 0 Å². The van der Waals surface area contributed by atoms with E-state index in [9.17, 15) is 13.2 Å². The van der Waals surface area contributed by atoms with Crippen molar-refractivity contribution >= 4 is 0 Å². The third kappa shape index (κ3) is 1.72. The van der Waals surface area contributed by atoms with E-state index in [0.29, 0.717) is 18.5 Å².